The summed E-state index contributed by atoms with van der Waals surface area (Å²) < 4.78 is 0. The average Bonchev–Trinajstić information content (AvgIpc) is 3.08. The van der Waals surface area contributed by atoms with Crippen LogP contribution in [0.2, 0.25) is 0 Å². The molecular weight excluding hydrogens is 414 g/mol. The van der Waals surface area contributed by atoms with Crippen LogP contribution >= 0.6 is 0 Å². The van der Waals surface area contributed by atoms with Crippen molar-refractivity contribution in [3.05, 3.63) is 94.8 Å². The van der Waals surface area contributed by atoms with E-state index in [4.69, 9.17) is 0 Å². The summed E-state index contributed by atoms with van der Waals surface area (Å²) in [7, 11) is 0. The smallest absolute Gasteiger partial charge is 0.262 e. The van der Waals surface area contributed by atoms with Gasteiger partial charge in [-0.1, -0.05) is 36.4 Å². The topological polar surface area (TPSA) is 70.6 Å². The standard InChI is InChI=1S/C27H27N3O3/c1-18-9-6-10-19(2)24(18)29(16-8-12-21-11-7-15-28-17-21)25(31)20(3)30-26(32)22-13-4-5-14-23(22)27(30)33/h4-7,9-11,13-15,17,20H,8,12,16H2,1-3H3. The van der Waals surface area contributed by atoms with Gasteiger partial charge in [-0.3, -0.25) is 24.3 Å². The molecule has 3 aromatic rings. The number of aromatic nitrogens is 1. The van der Waals surface area contributed by atoms with Gasteiger partial charge in [-0.05, 0) is 68.5 Å². The number of imide groups is 1. The van der Waals surface area contributed by atoms with Gasteiger partial charge < -0.3 is 4.90 Å². The monoisotopic (exact) mass is 441 g/mol. The fraction of sp³-hybridized carbons (Fsp3) is 0.259. The Bertz CT molecular complexity index is 1150. The molecule has 0 N–H and O–H groups in total. The van der Waals surface area contributed by atoms with Crippen LogP contribution in [0.15, 0.2) is 67.0 Å². The molecule has 33 heavy (non-hydrogen) atoms. The molecule has 6 heteroatoms. The van der Waals surface area contributed by atoms with E-state index in [0.29, 0.717) is 17.7 Å². The molecular formula is C27H27N3O3. The van der Waals surface area contributed by atoms with E-state index in [1.807, 2.05) is 50.4 Å². The number of pyridine rings is 1. The lowest BCUT2D eigenvalue weighted by Crippen LogP contribution is -2.50. The number of anilines is 1. The quantitative estimate of drug-likeness (QED) is 0.511. The van der Waals surface area contributed by atoms with Crippen molar-refractivity contribution in [1.82, 2.24) is 9.88 Å². The van der Waals surface area contributed by atoms with Gasteiger partial charge in [0, 0.05) is 24.6 Å². The zero-order valence-corrected chi connectivity index (χ0v) is 19.1. The van der Waals surface area contributed by atoms with Crippen molar-refractivity contribution in [3.63, 3.8) is 0 Å². The molecule has 1 unspecified atom stereocenters. The number of para-hydroxylation sites is 1. The van der Waals surface area contributed by atoms with E-state index in [1.54, 1.807) is 42.3 Å². The highest BCUT2D eigenvalue weighted by Gasteiger charge is 2.42. The zero-order chi connectivity index (χ0) is 23.5. The van der Waals surface area contributed by atoms with Gasteiger partial charge in [0.1, 0.15) is 6.04 Å². The average molecular weight is 442 g/mol. The van der Waals surface area contributed by atoms with Gasteiger partial charge in [-0.25, -0.2) is 0 Å². The highest BCUT2D eigenvalue weighted by Crippen LogP contribution is 2.29. The summed E-state index contributed by atoms with van der Waals surface area (Å²) in [5.41, 5.74) is 4.56. The van der Waals surface area contributed by atoms with Crippen molar-refractivity contribution >= 4 is 23.4 Å². The molecule has 0 fully saturated rings. The van der Waals surface area contributed by atoms with Gasteiger partial charge in [0.15, 0.2) is 0 Å². The first kappa shape index (κ1) is 22.4. The minimum Gasteiger partial charge on any atom is -0.310 e. The molecule has 1 aliphatic heterocycles. The normalized spacial score (nSPS) is 13.7. The fourth-order valence-electron chi connectivity index (χ4n) is 4.45. The van der Waals surface area contributed by atoms with Crippen molar-refractivity contribution in [2.45, 2.75) is 39.7 Å². The van der Waals surface area contributed by atoms with Crippen LogP contribution in [0.25, 0.3) is 0 Å². The lowest BCUT2D eigenvalue weighted by atomic mass is 10.1. The summed E-state index contributed by atoms with van der Waals surface area (Å²) in [6.45, 7) is 6.03. The van der Waals surface area contributed by atoms with Crippen molar-refractivity contribution < 1.29 is 14.4 Å². The lowest BCUT2D eigenvalue weighted by molar-refractivity contribution is -0.122. The van der Waals surface area contributed by atoms with Gasteiger partial charge in [0.25, 0.3) is 11.8 Å². The van der Waals surface area contributed by atoms with Crippen molar-refractivity contribution in [2.24, 2.45) is 0 Å². The maximum Gasteiger partial charge on any atom is 0.262 e. The molecule has 6 nitrogen and oxygen atoms in total. The van der Waals surface area contributed by atoms with Crippen LogP contribution < -0.4 is 4.90 Å². The molecule has 168 valence electrons. The molecule has 2 heterocycles. The first-order chi connectivity index (χ1) is 15.9. The number of nitrogens with zero attached hydrogens (tertiary/aromatic N) is 3. The Morgan fingerprint density at radius 2 is 1.58 bits per heavy atom. The molecule has 0 radical (unpaired) electrons. The molecule has 0 bridgehead atoms. The third-order valence-electron chi connectivity index (χ3n) is 6.12. The summed E-state index contributed by atoms with van der Waals surface area (Å²) in [6, 6.07) is 15.6. The number of hydrogen-bond acceptors (Lipinski definition) is 4. The largest absolute Gasteiger partial charge is 0.310 e. The zero-order valence-electron chi connectivity index (χ0n) is 19.1. The molecule has 1 aromatic heterocycles. The second-order valence-corrected chi connectivity index (χ2v) is 8.40. The number of fused-ring (bicyclic) bond motifs is 1. The van der Waals surface area contributed by atoms with E-state index < -0.39 is 17.9 Å². The highest BCUT2D eigenvalue weighted by molar-refractivity contribution is 6.23. The Balaban J connectivity index is 1.61. The van der Waals surface area contributed by atoms with Gasteiger partial charge in [-0.15, -0.1) is 0 Å². The summed E-state index contributed by atoms with van der Waals surface area (Å²) in [6.07, 6.45) is 5.05. The molecule has 4 rings (SSSR count). The molecule has 0 saturated heterocycles. The molecule has 0 saturated carbocycles. The summed E-state index contributed by atoms with van der Waals surface area (Å²) in [5.74, 6) is -1.12. The Hall–Kier alpha value is -3.80. The van der Waals surface area contributed by atoms with Crippen LogP contribution in [0, 0.1) is 13.8 Å². The van der Waals surface area contributed by atoms with E-state index in [9.17, 15) is 14.4 Å². The number of carbonyl (C=O) groups excluding carboxylic acids is 3. The molecule has 0 aliphatic carbocycles. The predicted molar refractivity (Wildman–Crippen MR) is 127 cm³/mol. The maximum atomic E-state index is 13.8. The van der Waals surface area contributed by atoms with Gasteiger partial charge in [0.05, 0.1) is 11.1 Å². The molecule has 1 aliphatic rings. The van der Waals surface area contributed by atoms with Crippen LogP contribution in [0.1, 0.15) is 50.8 Å². The van der Waals surface area contributed by atoms with Gasteiger partial charge >= 0.3 is 0 Å². The van der Waals surface area contributed by atoms with Crippen LogP contribution in [-0.4, -0.2) is 40.2 Å². The van der Waals surface area contributed by atoms with E-state index >= 15 is 0 Å². The Labute approximate surface area is 193 Å². The van der Waals surface area contributed by atoms with Crippen LogP contribution in [0.4, 0.5) is 5.69 Å². The van der Waals surface area contributed by atoms with E-state index in [0.717, 1.165) is 40.1 Å². The molecule has 3 amide bonds. The number of benzene rings is 2. The number of amides is 3. The lowest BCUT2D eigenvalue weighted by Gasteiger charge is -2.31. The van der Waals surface area contributed by atoms with E-state index in [1.165, 1.54) is 0 Å². The maximum absolute atomic E-state index is 13.8. The number of hydrogen-bond donors (Lipinski definition) is 0. The summed E-state index contributed by atoms with van der Waals surface area (Å²) in [5, 5.41) is 0. The second-order valence-electron chi connectivity index (χ2n) is 8.40. The second kappa shape index (κ2) is 9.36. The third kappa shape index (κ3) is 4.29. The Kier molecular flexibility index (Phi) is 6.36. The van der Waals surface area contributed by atoms with Crippen LogP contribution in [0.3, 0.4) is 0 Å². The molecule has 0 spiro atoms. The first-order valence-corrected chi connectivity index (χ1v) is 11.1. The predicted octanol–water partition coefficient (Wildman–Crippen LogP) is 4.35. The van der Waals surface area contributed by atoms with Crippen molar-refractivity contribution in [3.8, 4) is 0 Å². The molecule has 2 aromatic carbocycles. The van der Waals surface area contributed by atoms with Crippen LogP contribution in [-0.2, 0) is 11.2 Å². The van der Waals surface area contributed by atoms with E-state index in [2.05, 4.69) is 4.98 Å². The molecule has 1 atom stereocenters. The third-order valence-corrected chi connectivity index (χ3v) is 6.12. The summed E-state index contributed by atoms with van der Waals surface area (Å²) >= 11 is 0. The highest BCUT2D eigenvalue weighted by atomic mass is 16.2. The minimum absolute atomic E-state index is 0.270. The Morgan fingerprint density at radius 3 is 2.15 bits per heavy atom. The van der Waals surface area contributed by atoms with Gasteiger partial charge in [0.2, 0.25) is 5.91 Å². The fourth-order valence-corrected chi connectivity index (χ4v) is 4.45. The minimum atomic E-state index is -0.921. The Morgan fingerprint density at radius 1 is 0.939 bits per heavy atom. The summed E-state index contributed by atoms with van der Waals surface area (Å²) in [4.78, 5) is 46.7. The number of carbonyl (C=O) groups is 3. The van der Waals surface area contributed by atoms with Crippen LogP contribution in [0.5, 0.6) is 0 Å². The van der Waals surface area contributed by atoms with E-state index in [-0.39, 0.29) is 5.91 Å². The number of rotatable bonds is 7. The number of aryl methyl sites for hydroxylation is 3. The SMILES string of the molecule is Cc1cccc(C)c1N(CCCc1cccnc1)C(=O)C(C)N1C(=O)c2ccccc2C1=O. The first-order valence-electron chi connectivity index (χ1n) is 11.1. The van der Waals surface area contributed by atoms with Crippen molar-refractivity contribution in [2.75, 3.05) is 11.4 Å². The van der Waals surface area contributed by atoms with Gasteiger partial charge in [-0.2, -0.15) is 0 Å². The van der Waals surface area contributed by atoms with Crippen molar-refractivity contribution in [1.29, 1.82) is 0 Å².